The first-order valence-electron chi connectivity index (χ1n) is 7.62. The van der Waals surface area contributed by atoms with Gasteiger partial charge in [-0.05, 0) is 18.1 Å². The van der Waals surface area contributed by atoms with E-state index in [0.717, 1.165) is 11.8 Å². The normalized spacial score (nSPS) is 10.6. The zero-order valence-electron chi connectivity index (χ0n) is 14.2. The second kappa shape index (κ2) is 8.48. The lowest BCUT2D eigenvalue weighted by Crippen LogP contribution is -2.18. The van der Waals surface area contributed by atoms with Gasteiger partial charge in [0.2, 0.25) is 5.91 Å². The van der Waals surface area contributed by atoms with Crippen LogP contribution in [0.5, 0.6) is 0 Å². The maximum atomic E-state index is 12.1. The second-order valence-corrected chi connectivity index (χ2v) is 6.47. The Bertz CT molecular complexity index is 833. The van der Waals surface area contributed by atoms with E-state index in [1.54, 1.807) is 24.3 Å². The van der Waals surface area contributed by atoms with Crippen LogP contribution in [-0.2, 0) is 9.53 Å². The van der Waals surface area contributed by atoms with Crippen LogP contribution < -0.4 is 10.9 Å². The van der Waals surface area contributed by atoms with Crippen molar-refractivity contribution in [1.82, 2.24) is 9.97 Å². The van der Waals surface area contributed by atoms with Crippen LogP contribution in [-0.4, -0.2) is 34.7 Å². The van der Waals surface area contributed by atoms with Crippen molar-refractivity contribution in [2.24, 2.45) is 0 Å². The molecule has 1 amide bonds. The quantitative estimate of drug-likeness (QED) is 0.465. The van der Waals surface area contributed by atoms with E-state index in [1.165, 1.54) is 13.2 Å². The summed E-state index contributed by atoms with van der Waals surface area (Å²) in [5.41, 5.74) is 1.06. The van der Waals surface area contributed by atoms with Crippen LogP contribution >= 0.6 is 11.8 Å². The summed E-state index contributed by atoms with van der Waals surface area (Å²) in [6, 6.07) is 8.03. The number of para-hydroxylation sites is 1. The molecule has 0 bridgehead atoms. The molecule has 0 atom stereocenters. The summed E-state index contributed by atoms with van der Waals surface area (Å²) < 4.78 is 4.69. The molecule has 0 aliphatic rings. The van der Waals surface area contributed by atoms with Gasteiger partial charge in [0.25, 0.3) is 5.56 Å². The molecule has 0 spiro atoms. The van der Waals surface area contributed by atoms with E-state index < -0.39 is 5.97 Å². The number of esters is 1. The summed E-state index contributed by atoms with van der Waals surface area (Å²) in [7, 11) is 1.28. The molecule has 7 nitrogen and oxygen atoms in total. The first kappa shape index (κ1) is 18.7. The lowest BCUT2D eigenvalue weighted by atomic mass is 10.1. The van der Waals surface area contributed by atoms with Crippen LogP contribution in [0.15, 0.2) is 40.3 Å². The van der Waals surface area contributed by atoms with Gasteiger partial charge >= 0.3 is 5.97 Å². The minimum atomic E-state index is -0.529. The number of ether oxygens (including phenoxy) is 1. The van der Waals surface area contributed by atoms with E-state index >= 15 is 0 Å². The number of anilines is 1. The SMILES string of the molecule is COC(=O)c1ccccc1NC(=O)CSc1nc(C(C)C)cc(=O)[nH]1. The van der Waals surface area contributed by atoms with E-state index in [2.05, 4.69) is 15.3 Å². The van der Waals surface area contributed by atoms with Crippen molar-refractivity contribution >= 4 is 29.3 Å². The number of methoxy groups -OCH3 is 1. The van der Waals surface area contributed by atoms with Crippen molar-refractivity contribution in [2.75, 3.05) is 18.2 Å². The molecule has 0 fully saturated rings. The molecule has 0 saturated heterocycles. The molecular weight excluding hydrogens is 342 g/mol. The molecule has 2 rings (SSSR count). The molecule has 0 radical (unpaired) electrons. The maximum Gasteiger partial charge on any atom is 0.339 e. The topological polar surface area (TPSA) is 101 Å². The van der Waals surface area contributed by atoms with Crippen LogP contribution in [0.4, 0.5) is 5.69 Å². The highest BCUT2D eigenvalue weighted by atomic mass is 32.2. The van der Waals surface area contributed by atoms with Gasteiger partial charge in [-0.3, -0.25) is 9.59 Å². The lowest BCUT2D eigenvalue weighted by molar-refractivity contribution is -0.113. The summed E-state index contributed by atoms with van der Waals surface area (Å²) in [6.45, 7) is 3.87. The van der Waals surface area contributed by atoms with Crippen molar-refractivity contribution in [3.63, 3.8) is 0 Å². The highest BCUT2D eigenvalue weighted by Gasteiger charge is 2.14. The number of thioether (sulfide) groups is 1. The van der Waals surface area contributed by atoms with E-state index in [9.17, 15) is 14.4 Å². The van der Waals surface area contributed by atoms with E-state index in [1.807, 2.05) is 13.8 Å². The third kappa shape index (κ3) is 5.18. The lowest BCUT2D eigenvalue weighted by Gasteiger charge is -2.10. The van der Waals surface area contributed by atoms with Gasteiger partial charge in [0.15, 0.2) is 5.16 Å². The number of nitrogens with zero attached hydrogens (tertiary/aromatic N) is 1. The average Bonchev–Trinajstić information content (AvgIpc) is 2.59. The summed E-state index contributed by atoms with van der Waals surface area (Å²) in [4.78, 5) is 42.4. The number of carbonyl (C=O) groups excluding carboxylic acids is 2. The molecule has 2 N–H and O–H groups in total. The Morgan fingerprint density at radius 3 is 2.72 bits per heavy atom. The Balaban J connectivity index is 2.05. The molecule has 132 valence electrons. The van der Waals surface area contributed by atoms with Crippen LogP contribution in [0.2, 0.25) is 0 Å². The van der Waals surface area contributed by atoms with Gasteiger partial charge in [0.05, 0.1) is 29.8 Å². The maximum absolute atomic E-state index is 12.1. The molecule has 2 aromatic rings. The van der Waals surface area contributed by atoms with Gasteiger partial charge in [-0.25, -0.2) is 9.78 Å². The molecule has 0 aliphatic carbocycles. The van der Waals surface area contributed by atoms with Gasteiger partial charge in [-0.1, -0.05) is 37.7 Å². The predicted octanol–water partition coefficient (Wildman–Crippen LogP) is 2.41. The van der Waals surface area contributed by atoms with Crippen molar-refractivity contribution in [3.8, 4) is 0 Å². The molecule has 1 aromatic carbocycles. The third-order valence-corrected chi connectivity index (χ3v) is 4.15. The molecule has 0 saturated carbocycles. The van der Waals surface area contributed by atoms with Gasteiger partial charge < -0.3 is 15.0 Å². The fourth-order valence-electron chi connectivity index (χ4n) is 2.02. The molecule has 0 unspecified atom stereocenters. The Morgan fingerprint density at radius 2 is 2.04 bits per heavy atom. The number of nitrogens with one attached hydrogen (secondary N) is 2. The Hall–Kier alpha value is -2.61. The smallest absolute Gasteiger partial charge is 0.339 e. The number of hydrogen-bond donors (Lipinski definition) is 2. The highest BCUT2D eigenvalue weighted by Crippen LogP contribution is 2.18. The number of hydrogen-bond acceptors (Lipinski definition) is 6. The summed E-state index contributed by atoms with van der Waals surface area (Å²) in [6.07, 6.45) is 0. The molecular formula is C17H19N3O4S. The zero-order valence-corrected chi connectivity index (χ0v) is 15.0. The molecule has 25 heavy (non-hydrogen) atoms. The van der Waals surface area contributed by atoms with E-state index in [0.29, 0.717) is 16.5 Å². The second-order valence-electron chi connectivity index (χ2n) is 5.50. The number of H-pyrrole nitrogens is 1. The first-order valence-corrected chi connectivity index (χ1v) is 8.60. The zero-order chi connectivity index (χ0) is 18.4. The summed E-state index contributed by atoms with van der Waals surface area (Å²) in [5.74, 6) is -0.694. The van der Waals surface area contributed by atoms with Crippen molar-refractivity contribution < 1.29 is 14.3 Å². The van der Waals surface area contributed by atoms with Gasteiger partial charge in [0, 0.05) is 6.07 Å². The number of aromatic nitrogens is 2. The molecule has 1 heterocycles. The number of aromatic amines is 1. The van der Waals surface area contributed by atoms with Gasteiger partial charge in [0.1, 0.15) is 0 Å². The fraction of sp³-hybridized carbons (Fsp3) is 0.294. The Kier molecular flexibility index (Phi) is 6.35. The summed E-state index contributed by atoms with van der Waals surface area (Å²) >= 11 is 1.12. The van der Waals surface area contributed by atoms with E-state index in [-0.39, 0.29) is 28.7 Å². The molecule has 1 aromatic heterocycles. The number of amides is 1. The number of benzene rings is 1. The van der Waals surface area contributed by atoms with E-state index in [4.69, 9.17) is 4.74 Å². The number of rotatable bonds is 6. The summed E-state index contributed by atoms with van der Waals surface area (Å²) in [5, 5.41) is 3.05. The average molecular weight is 361 g/mol. The van der Waals surface area contributed by atoms with Crippen LogP contribution in [0.1, 0.15) is 35.8 Å². The fourth-order valence-corrected chi connectivity index (χ4v) is 2.70. The van der Waals surface area contributed by atoms with Crippen LogP contribution in [0.3, 0.4) is 0 Å². The minimum absolute atomic E-state index is 0.0417. The highest BCUT2D eigenvalue weighted by molar-refractivity contribution is 7.99. The van der Waals surface area contributed by atoms with Crippen LogP contribution in [0, 0.1) is 0 Å². The molecule has 8 heteroatoms. The minimum Gasteiger partial charge on any atom is -0.465 e. The third-order valence-electron chi connectivity index (χ3n) is 3.28. The first-order chi connectivity index (χ1) is 11.9. The number of carbonyl (C=O) groups is 2. The van der Waals surface area contributed by atoms with Gasteiger partial charge in [-0.2, -0.15) is 0 Å². The molecule has 0 aliphatic heterocycles. The Labute approximate surface area is 149 Å². The van der Waals surface area contributed by atoms with Gasteiger partial charge in [-0.15, -0.1) is 0 Å². The monoisotopic (exact) mass is 361 g/mol. The Morgan fingerprint density at radius 1 is 1.32 bits per heavy atom. The predicted molar refractivity (Wildman–Crippen MR) is 96.1 cm³/mol. The largest absolute Gasteiger partial charge is 0.465 e. The van der Waals surface area contributed by atoms with Crippen molar-refractivity contribution in [1.29, 1.82) is 0 Å². The standard InChI is InChI=1S/C17H19N3O4S/c1-10(2)13-8-14(21)20-17(19-13)25-9-15(22)18-12-7-5-4-6-11(12)16(23)24-3/h4-8,10H,9H2,1-3H3,(H,18,22)(H,19,20,21). The van der Waals surface area contributed by atoms with Crippen LogP contribution in [0.25, 0.3) is 0 Å². The van der Waals surface area contributed by atoms with Crippen molar-refractivity contribution in [2.45, 2.75) is 24.9 Å². The van der Waals surface area contributed by atoms with Crippen molar-refractivity contribution in [3.05, 3.63) is 51.9 Å².